The quantitative estimate of drug-likeness (QED) is 0.0238. The van der Waals surface area contributed by atoms with Crippen LogP contribution in [0.4, 0.5) is 0 Å². The highest BCUT2D eigenvalue weighted by molar-refractivity contribution is 6.03. The largest absolute Gasteiger partial charge is 0.508 e. The van der Waals surface area contributed by atoms with Crippen molar-refractivity contribution < 1.29 is 103 Å². The molecule has 0 bridgehead atoms. The molecule has 18 N–H and O–H groups in total. The summed E-state index contributed by atoms with van der Waals surface area (Å²) in [5.41, 5.74) is 4.89. The number of nitrogens with two attached hydrogens (primary N) is 1. The predicted molar refractivity (Wildman–Crippen MR) is 340 cm³/mol. The molecule has 0 spiro atoms. The van der Waals surface area contributed by atoms with Gasteiger partial charge in [0.05, 0.1) is 44.2 Å². The summed E-state index contributed by atoms with van der Waals surface area (Å²) in [5.74, 6) is -12.7. The number of cyclic esters (lactones) is 1. The van der Waals surface area contributed by atoms with Crippen LogP contribution in [0.2, 0.25) is 0 Å². The molecule has 0 saturated carbocycles. The molecule has 534 valence electrons. The number of imidazole rings is 1. The van der Waals surface area contributed by atoms with Gasteiger partial charge in [-0.25, -0.2) is 9.78 Å². The number of primary amides is 1. The number of aliphatic hydroxyl groups is 6. The number of aromatic hydroxyl groups is 1. The zero-order chi connectivity index (χ0) is 71.3. The molecule has 33 heteroatoms. The van der Waals surface area contributed by atoms with Crippen molar-refractivity contribution in [2.24, 2.45) is 5.73 Å². The van der Waals surface area contributed by atoms with Crippen LogP contribution in [-0.4, -0.2) is 227 Å². The number of carbonyl (C=O) groups is 11. The summed E-state index contributed by atoms with van der Waals surface area (Å²) in [6, 6.07) is -6.02. The van der Waals surface area contributed by atoms with E-state index in [2.05, 4.69) is 59.4 Å². The van der Waals surface area contributed by atoms with Crippen LogP contribution in [0, 0.1) is 0 Å². The van der Waals surface area contributed by atoms with Gasteiger partial charge in [0.15, 0.2) is 6.29 Å². The fourth-order valence-electron chi connectivity index (χ4n) is 10.5. The van der Waals surface area contributed by atoms with Crippen molar-refractivity contribution in [3.63, 3.8) is 0 Å². The maximum atomic E-state index is 15.0. The lowest BCUT2D eigenvalue weighted by Crippen LogP contribution is -2.63. The number of allylic oxidation sites excluding steroid dienone is 2. The van der Waals surface area contributed by atoms with Crippen LogP contribution < -0.4 is 48.3 Å². The number of nitrogens with zero attached hydrogens (tertiary/aromatic N) is 2. The third-order valence-electron chi connectivity index (χ3n) is 16.1. The fourth-order valence-corrected chi connectivity index (χ4v) is 10.5. The van der Waals surface area contributed by atoms with E-state index in [1.54, 1.807) is 0 Å². The minimum absolute atomic E-state index is 0.167. The Hall–Kier alpha value is -8.44. The predicted octanol–water partition coefficient (Wildman–Crippen LogP) is -3.22. The molecule has 10 amide bonds. The molecule has 1 aromatic carbocycles. The number of esters is 1. The van der Waals surface area contributed by atoms with Crippen LogP contribution in [0.25, 0.3) is 0 Å². The number of amides is 10. The molecular formula is C63H96N12O21. The molecule has 5 unspecified atom stereocenters. The average Bonchev–Trinajstić information content (AvgIpc) is 0.858. The Morgan fingerprint density at radius 3 is 2.05 bits per heavy atom. The van der Waals surface area contributed by atoms with E-state index in [9.17, 15) is 88.5 Å². The maximum absolute atomic E-state index is 15.0. The van der Waals surface area contributed by atoms with Crippen molar-refractivity contribution in [1.29, 1.82) is 0 Å². The van der Waals surface area contributed by atoms with Crippen LogP contribution in [-0.2, 0) is 79.8 Å². The van der Waals surface area contributed by atoms with Crippen molar-refractivity contribution in [2.45, 2.75) is 229 Å². The summed E-state index contributed by atoms with van der Waals surface area (Å²) in [6.45, 7) is 6.31. The van der Waals surface area contributed by atoms with Crippen molar-refractivity contribution >= 4 is 65.0 Å². The van der Waals surface area contributed by atoms with Crippen molar-refractivity contribution in [2.75, 3.05) is 20.2 Å². The molecule has 2 fully saturated rings. The van der Waals surface area contributed by atoms with Crippen molar-refractivity contribution in [3.05, 3.63) is 71.6 Å². The first-order chi connectivity index (χ1) is 45.5. The van der Waals surface area contributed by atoms with E-state index in [4.69, 9.17) is 19.9 Å². The Balaban J connectivity index is 1.84. The molecule has 33 nitrogen and oxygen atoms in total. The molecule has 2 aliphatic heterocycles. The minimum Gasteiger partial charge on any atom is -0.508 e. The number of hydrogen-bond donors (Lipinski definition) is 17. The maximum Gasteiger partial charge on any atom is 0.329 e. The summed E-state index contributed by atoms with van der Waals surface area (Å²) in [7, 11) is 1.05. The first-order valence-corrected chi connectivity index (χ1v) is 32.1. The Bertz CT molecular complexity index is 2980. The van der Waals surface area contributed by atoms with Crippen LogP contribution in [0.1, 0.15) is 136 Å². The van der Waals surface area contributed by atoms with Gasteiger partial charge >= 0.3 is 5.97 Å². The van der Waals surface area contributed by atoms with Gasteiger partial charge in [0.1, 0.15) is 83.9 Å². The van der Waals surface area contributed by atoms with Gasteiger partial charge in [0.2, 0.25) is 47.3 Å². The van der Waals surface area contributed by atoms with Crippen LogP contribution >= 0.6 is 0 Å². The van der Waals surface area contributed by atoms with Gasteiger partial charge in [-0.1, -0.05) is 89.0 Å². The highest BCUT2D eigenvalue weighted by Crippen LogP contribution is 2.25. The lowest BCUT2D eigenvalue weighted by atomic mass is 9.99. The highest BCUT2D eigenvalue weighted by atomic mass is 16.7. The van der Waals surface area contributed by atoms with E-state index >= 15 is 0 Å². The van der Waals surface area contributed by atoms with Gasteiger partial charge in [-0.3, -0.25) is 47.9 Å². The van der Waals surface area contributed by atoms with Gasteiger partial charge in [-0.05, 0) is 65.2 Å². The number of unbranched alkanes of at least 4 members (excludes halogenated alkanes) is 8. The minimum atomic E-state index is -2.10. The molecule has 0 aliphatic carbocycles. The monoisotopic (exact) mass is 1360 g/mol. The molecule has 2 aliphatic rings. The molecule has 96 heavy (non-hydrogen) atoms. The van der Waals surface area contributed by atoms with E-state index in [0.29, 0.717) is 12.0 Å². The van der Waals surface area contributed by atoms with Gasteiger partial charge in [-0.2, -0.15) is 0 Å². The number of carbonyl (C=O) groups excluding carboxylic acids is 11. The van der Waals surface area contributed by atoms with Crippen LogP contribution in [0.3, 0.4) is 0 Å². The Labute approximate surface area is 555 Å². The first-order valence-electron chi connectivity index (χ1n) is 32.1. The van der Waals surface area contributed by atoms with Crippen molar-refractivity contribution in [3.8, 4) is 5.75 Å². The highest BCUT2D eigenvalue weighted by Gasteiger charge is 2.47. The Morgan fingerprint density at radius 1 is 0.812 bits per heavy atom. The lowest BCUT2D eigenvalue weighted by molar-refractivity contribution is -0.312. The number of nitrogens with one attached hydrogen (secondary N) is 9. The summed E-state index contributed by atoms with van der Waals surface area (Å²) < 4.78 is 17.3. The summed E-state index contributed by atoms with van der Waals surface area (Å²) >= 11 is 0. The number of aromatic amines is 1. The van der Waals surface area contributed by atoms with E-state index in [0.717, 1.165) is 76.5 Å². The molecule has 2 saturated heterocycles. The molecule has 2 aromatic rings. The average molecular weight is 1360 g/mol. The SMILES string of the molecule is C/C=C(/NC(=O)C[C@H](O)CCCCCCCCCCC)C(=O)N[C@@H]1C(=O)N[C@H]([C@@H](C)O)C(=O)N[C@H](Cc2ccc(O)cc2)C(=O)N/C(=C/C)C(=O)N[C@H](CCC(N)=O)C(=O)NCC(=O)N(C)[C@@H]([C@H](C)OC2OC(CO)C(O)C(O)C2O)C(=O)N[C@@H](Cc2cnc[nH]2)C(=O)O[C@@H]1C. The number of phenolic OH excluding ortho intramolecular Hbond substituents is 1. The number of benzene rings is 1. The van der Waals surface area contributed by atoms with E-state index in [1.165, 1.54) is 70.4 Å². The molecule has 15 atom stereocenters. The normalized spacial score (nSPS) is 26.4. The smallest absolute Gasteiger partial charge is 0.329 e. The molecule has 0 radical (unpaired) electrons. The Morgan fingerprint density at radius 2 is 1.46 bits per heavy atom. The third kappa shape index (κ3) is 25.3. The van der Waals surface area contributed by atoms with E-state index < -0.39 is 213 Å². The third-order valence-corrected chi connectivity index (χ3v) is 16.1. The lowest BCUT2D eigenvalue weighted by Gasteiger charge is -2.42. The number of ether oxygens (including phenoxy) is 3. The standard InChI is InChI=1S/C63H96N12O21/c1-8-11-12-13-14-15-16-17-18-19-39(79)28-47(81)68-40(9-2)57(88)74-50-34(5)94-62(93)44(27-37-29-65-32-67-37)72-61(92)51(35(6)95-63-54(85)53(84)52(83)45(31-76)96-63)75(7)48(82)30-66-55(86)42(24-25-46(64)80)70-56(87)41(10-3)69-58(89)43(26-36-20-22-38(78)23-21-36)71-59(90)49(33(4)77)73-60(50)91/h9-10,20-23,29,32-35,39,42-45,49-54,63,76-79,83-85H,8,11-19,24-28,30-31H2,1-7H3,(H2,64,80)(H,65,67)(H,66,86)(H,68,81)(H,69,89)(H,70,87)(H,71,90)(H,72,92)(H,73,91)(H,74,88)/b40-9+,41-10+/t33-,34-,35+,39-,42-,43-,44+,45?,49-,50+,51+,52?,53?,54?,63?/m1/s1. The number of H-pyrrole nitrogens is 1. The van der Waals surface area contributed by atoms with Gasteiger partial charge in [0, 0.05) is 38.2 Å². The summed E-state index contributed by atoms with van der Waals surface area (Å²) in [5, 5.41) is 93.2. The summed E-state index contributed by atoms with van der Waals surface area (Å²) in [4.78, 5) is 163. The molecule has 1 aromatic heterocycles. The number of phenols is 1. The Kier molecular flexibility index (Phi) is 33.5. The van der Waals surface area contributed by atoms with Gasteiger partial charge in [0.25, 0.3) is 11.8 Å². The first kappa shape index (κ1) is 80.0. The van der Waals surface area contributed by atoms with E-state index in [1.807, 2.05) is 0 Å². The number of aliphatic hydroxyl groups excluding tert-OH is 6. The summed E-state index contributed by atoms with van der Waals surface area (Å²) in [6.07, 6.45) is -3.89. The molecular weight excluding hydrogens is 1260 g/mol. The van der Waals surface area contributed by atoms with Crippen LogP contribution in [0.15, 0.2) is 60.3 Å². The number of likely N-dealkylation sites (N-methyl/N-ethyl adjacent to an activating group) is 1. The number of rotatable bonds is 27. The second kappa shape index (κ2) is 40.2. The number of aromatic nitrogens is 2. The zero-order valence-corrected chi connectivity index (χ0v) is 55.1. The fraction of sp³-hybridized carbons (Fsp3) is 0.619. The number of hydrogen-bond acceptors (Lipinski definition) is 22. The zero-order valence-electron chi connectivity index (χ0n) is 55.1. The van der Waals surface area contributed by atoms with E-state index in [-0.39, 0.29) is 17.9 Å². The topological polar surface area (TPSA) is 511 Å². The second-order valence-corrected chi connectivity index (χ2v) is 23.7. The molecule has 3 heterocycles. The molecule has 4 rings (SSSR count). The van der Waals surface area contributed by atoms with Gasteiger partial charge < -0.3 is 108 Å². The van der Waals surface area contributed by atoms with Crippen LogP contribution in [0.5, 0.6) is 5.75 Å². The van der Waals surface area contributed by atoms with Crippen molar-refractivity contribution in [1.82, 2.24) is 57.4 Å². The van der Waals surface area contributed by atoms with Gasteiger partial charge in [-0.15, -0.1) is 0 Å². The second-order valence-electron chi connectivity index (χ2n) is 23.7.